The van der Waals surface area contributed by atoms with Gasteiger partial charge in [0.1, 0.15) is 0 Å². The number of hydrogen-bond donors (Lipinski definition) is 1. The van der Waals surface area contributed by atoms with Crippen molar-refractivity contribution in [2.45, 2.75) is 20.0 Å². The summed E-state index contributed by atoms with van der Waals surface area (Å²) in [5, 5.41) is 11.2. The number of rotatable bonds is 5. The van der Waals surface area contributed by atoms with E-state index in [0.717, 1.165) is 18.5 Å². The van der Waals surface area contributed by atoms with E-state index in [1.807, 2.05) is 17.4 Å². The summed E-state index contributed by atoms with van der Waals surface area (Å²) in [6.07, 6.45) is 1.08. The summed E-state index contributed by atoms with van der Waals surface area (Å²) in [5.41, 5.74) is 3.43. The Bertz CT molecular complexity index is 493. The van der Waals surface area contributed by atoms with Gasteiger partial charge in [-0.3, -0.25) is 0 Å². The second kappa shape index (κ2) is 6.03. The van der Waals surface area contributed by atoms with Crippen LogP contribution in [0.2, 0.25) is 0 Å². The van der Waals surface area contributed by atoms with Gasteiger partial charge in [0.05, 0.1) is 6.61 Å². The number of aliphatic hydroxyl groups excluding tert-OH is 1. The van der Waals surface area contributed by atoms with Crippen molar-refractivity contribution in [3.8, 4) is 0 Å². The average Bonchev–Trinajstić information content (AvgIpc) is 2.88. The summed E-state index contributed by atoms with van der Waals surface area (Å²) in [4.78, 5) is 3.70. The van der Waals surface area contributed by atoms with Crippen molar-refractivity contribution >= 4 is 17.0 Å². The van der Waals surface area contributed by atoms with E-state index in [2.05, 4.69) is 48.5 Å². The summed E-state index contributed by atoms with van der Waals surface area (Å²) in [6.45, 7) is 3.22. The van der Waals surface area contributed by atoms with Gasteiger partial charge >= 0.3 is 0 Å². The Morgan fingerprint density at radius 1 is 1.28 bits per heavy atom. The number of anilines is 1. The van der Waals surface area contributed by atoms with Crippen molar-refractivity contribution in [1.82, 2.24) is 0 Å². The predicted octanol–water partition coefficient (Wildman–Crippen LogP) is 3.23. The molecule has 0 saturated heterocycles. The summed E-state index contributed by atoms with van der Waals surface area (Å²) < 4.78 is 0. The maximum atomic E-state index is 9.11. The zero-order valence-electron chi connectivity index (χ0n) is 10.9. The van der Waals surface area contributed by atoms with Crippen LogP contribution in [0.4, 0.5) is 5.69 Å². The first-order valence-corrected chi connectivity index (χ1v) is 7.02. The lowest BCUT2D eigenvalue weighted by molar-refractivity contribution is 0.282. The number of aryl methyl sites for hydroxylation is 1. The maximum Gasteiger partial charge on any atom is 0.0681 e. The van der Waals surface area contributed by atoms with Crippen molar-refractivity contribution in [2.75, 3.05) is 18.5 Å². The van der Waals surface area contributed by atoms with Crippen LogP contribution in [0.1, 0.15) is 16.0 Å². The van der Waals surface area contributed by atoms with E-state index in [1.54, 1.807) is 0 Å². The SMILES string of the molecule is Cc1cc(CO)ccc1N(C)CCc1cccs1. The highest BCUT2D eigenvalue weighted by atomic mass is 32.1. The largest absolute Gasteiger partial charge is 0.392 e. The highest BCUT2D eigenvalue weighted by Gasteiger charge is 2.05. The monoisotopic (exact) mass is 261 g/mol. The Morgan fingerprint density at radius 3 is 2.72 bits per heavy atom. The zero-order chi connectivity index (χ0) is 13.0. The third kappa shape index (κ3) is 3.12. The minimum atomic E-state index is 0.111. The lowest BCUT2D eigenvalue weighted by Gasteiger charge is -2.21. The molecular formula is C15H19NOS. The number of nitrogens with zero attached hydrogens (tertiary/aromatic N) is 1. The first kappa shape index (κ1) is 13.1. The van der Waals surface area contributed by atoms with Crippen molar-refractivity contribution in [2.24, 2.45) is 0 Å². The van der Waals surface area contributed by atoms with Crippen LogP contribution in [-0.4, -0.2) is 18.7 Å². The second-order valence-electron chi connectivity index (χ2n) is 4.53. The lowest BCUT2D eigenvalue weighted by atomic mass is 10.1. The molecular weight excluding hydrogens is 242 g/mol. The van der Waals surface area contributed by atoms with E-state index in [-0.39, 0.29) is 6.61 Å². The molecule has 1 N–H and O–H groups in total. The molecule has 0 aliphatic heterocycles. The van der Waals surface area contributed by atoms with Crippen LogP contribution in [0.3, 0.4) is 0 Å². The highest BCUT2D eigenvalue weighted by molar-refractivity contribution is 7.09. The van der Waals surface area contributed by atoms with Crippen molar-refractivity contribution in [1.29, 1.82) is 0 Å². The molecule has 0 amide bonds. The average molecular weight is 261 g/mol. The van der Waals surface area contributed by atoms with Crippen LogP contribution in [-0.2, 0) is 13.0 Å². The molecule has 1 aromatic heterocycles. The smallest absolute Gasteiger partial charge is 0.0681 e. The molecule has 0 fully saturated rings. The van der Waals surface area contributed by atoms with Gasteiger partial charge in [0.25, 0.3) is 0 Å². The van der Waals surface area contributed by atoms with Gasteiger partial charge in [-0.15, -0.1) is 11.3 Å². The molecule has 1 heterocycles. The topological polar surface area (TPSA) is 23.5 Å². The van der Waals surface area contributed by atoms with Gasteiger partial charge in [-0.1, -0.05) is 18.2 Å². The fourth-order valence-electron chi connectivity index (χ4n) is 2.10. The van der Waals surface area contributed by atoms with Crippen molar-refractivity contribution in [3.05, 3.63) is 51.7 Å². The minimum Gasteiger partial charge on any atom is -0.392 e. The normalized spacial score (nSPS) is 10.6. The van der Waals surface area contributed by atoms with Gasteiger partial charge in [0, 0.05) is 24.2 Å². The Morgan fingerprint density at radius 2 is 2.11 bits per heavy atom. The molecule has 0 spiro atoms. The van der Waals surface area contributed by atoms with Gasteiger partial charge in [0.15, 0.2) is 0 Å². The maximum absolute atomic E-state index is 9.11. The number of aliphatic hydroxyl groups is 1. The summed E-state index contributed by atoms with van der Waals surface area (Å²) in [6, 6.07) is 10.4. The van der Waals surface area contributed by atoms with Gasteiger partial charge in [-0.05, 0) is 42.0 Å². The Hall–Kier alpha value is -1.32. The van der Waals surface area contributed by atoms with Crippen LogP contribution in [0.15, 0.2) is 35.7 Å². The molecule has 2 nitrogen and oxygen atoms in total. The first-order valence-electron chi connectivity index (χ1n) is 6.14. The van der Waals surface area contributed by atoms with E-state index < -0.39 is 0 Å². The van der Waals surface area contributed by atoms with Crippen molar-refractivity contribution < 1.29 is 5.11 Å². The zero-order valence-corrected chi connectivity index (χ0v) is 11.7. The molecule has 0 atom stereocenters. The van der Waals surface area contributed by atoms with E-state index in [1.165, 1.54) is 16.1 Å². The summed E-state index contributed by atoms with van der Waals surface area (Å²) >= 11 is 1.81. The molecule has 0 aliphatic carbocycles. The quantitative estimate of drug-likeness (QED) is 0.893. The van der Waals surface area contributed by atoms with E-state index in [9.17, 15) is 0 Å². The summed E-state index contributed by atoms with van der Waals surface area (Å²) in [5.74, 6) is 0. The first-order chi connectivity index (χ1) is 8.70. The fraction of sp³-hybridized carbons (Fsp3) is 0.333. The highest BCUT2D eigenvalue weighted by Crippen LogP contribution is 2.21. The van der Waals surface area contributed by atoms with E-state index in [4.69, 9.17) is 5.11 Å². The standard InChI is InChI=1S/C15H19NOS/c1-12-10-13(11-17)5-6-15(12)16(2)8-7-14-4-3-9-18-14/h3-6,9-10,17H,7-8,11H2,1-2H3. The molecule has 0 unspecified atom stereocenters. The van der Waals surface area contributed by atoms with Crippen LogP contribution < -0.4 is 4.90 Å². The molecule has 18 heavy (non-hydrogen) atoms. The van der Waals surface area contributed by atoms with Crippen LogP contribution >= 0.6 is 11.3 Å². The van der Waals surface area contributed by atoms with Gasteiger partial charge in [-0.25, -0.2) is 0 Å². The molecule has 0 radical (unpaired) electrons. The Labute approximate surface area is 113 Å². The number of likely N-dealkylation sites (N-methyl/N-ethyl adjacent to an activating group) is 1. The van der Waals surface area contributed by atoms with Crippen molar-refractivity contribution in [3.63, 3.8) is 0 Å². The van der Waals surface area contributed by atoms with Crippen LogP contribution in [0.5, 0.6) is 0 Å². The van der Waals surface area contributed by atoms with Crippen LogP contribution in [0, 0.1) is 6.92 Å². The third-order valence-electron chi connectivity index (χ3n) is 3.13. The molecule has 1 aromatic carbocycles. The molecule has 0 saturated carbocycles. The molecule has 2 aromatic rings. The summed E-state index contributed by atoms with van der Waals surface area (Å²) in [7, 11) is 2.12. The van der Waals surface area contributed by atoms with Crippen LogP contribution in [0.25, 0.3) is 0 Å². The predicted molar refractivity (Wildman–Crippen MR) is 78.4 cm³/mol. The van der Waals surface area contributed by atoms with Gasteiger partial charge in [-0.2, -0.15) is 0 Å². The molecule has 0 aliphatic rings. The lowest BCUT2D eigenvalue weighted by Crippen LogP contribution is -2.20. The second-order valence-corrected chi connectivity index (χ2v) is 5.56. The third-order valence-corrected chi connectivity index (χ3v) is 4.06. The minimum absolute atomic E-state index is 0.111. The molecule has 0 bridgehead atoms. The fourth-order valence-corrected chi connectivity index (χ4v) is 2.80. The Balaban J connectivity index is 2.02. The number of benzene rings is 1. The number of hydrogen-bond acceptors (Lipinski definition) is 3. The Kier molecular flexibility index (Phi) is 4.39. The molecule has 96 valence electrons. The molecule has 3 heteroatoms. The van der Waals surface area contributed by atoms with Gasteiger partial charge in [0.2, 0.25) is 0 Å². The number of thiophene rings is 1. The van der Waals surface area contributed by atoms with Gasteiger partial charge < -0.3 is 10.0 Å². The van der Waals surface area contributed by atoms with E-state index >= 15 is 0 Å². The van der Waals surface area contributed by atoms with E-state index in [0.29, 0.717) is 0 Å². The molecule has 2 rings (SSSR count).